The highest BCUT2D eigenvalue weighted by atomic mass is 19.1. The molecule has 1 N–H and O–H groups in total. The first-order valence-electron chi connectivity index (χ1n) is 8.86. The summed E-state index contributed by atoms with van der Waals surface area (Å²) >= 11 is 0. The van der Waals surface area contributed by atoms with E-state index in [1.807, 2.05) is 0 Å². The van der Waals surface area contributed by atoms with Gasteiger partial charge < -0.3 is 19.7 Å². The lowest BCUT2D eigenvalue weighted by Gasteiger charge is -2.31. The Bertz CT molecular complexity index is 878. The van der Waals surface area contributed by atoms with E-state index in [2.05, 4.69) is 5.32 Å². The largest absolute Gasteiger partial charge is 0.454 e. The van der Waals surface area contributed by atoms with E-state index in [9.17, 15) is 14.0 Å². The number of fused-ring (bicyclic) bond motifs is 1. The maximum absolute atomic E-state index is 13.7. The van der Waals surface area contributed by atoms with Gasteiger partial charge in [-0.2, -0.15) is 0 Å². The molecule has 1 fully saturated rings. The van der Waals surface area contributed by atoms with E-state index < -0.39 is 5.82 Å². The molecule has 6 nitrogen and oxygen atoms in total. The predicted octanol–water partition coefficient (Wildman–Crippen LogP) is 3.05. The molecule has 2 aliphatic heterocycles. The van der Waals surface area contributed by atoms with Gasteiger partial charge in [-0.15, -0.1) is 0 Å². The van der Waals surface area contributed by atoms with Gasteiger partial charge in [0.25, 0.3) is 5.91 Å². The van der Waals surface area contributed by atoms with Crippen LogP contribution in [0.1, 0.15) is 23.2 Å². The fraction of sp³-hybridized carbons (Fsp3) is 0.300. The molecule has 0 saturated carbocycles. The van der Waals surface area contributed by atoms with Crippen molar-refractivity contribution < 1.29 is 23.5 Å². The molecule has 140 valence electrons. The van der Waals surface area contributed by atoms with Crippen LogP contribution in [0.5, 0.6) is 11.5 Å². The Balaban J connectivity index is 1.35. The van der Waals surface area contributed by atoms with Crippen LogP contribution in [0.2, 0.25) is 0 Å². The first-order chi connectivity index (χ1) is 13.1. The van der Waals surface area contributed by atoms with Gasteiger partial charge >= 0.3 is 0 Å². The topological polar surface area (TPSA) is 67.9 Å². The molecule has 0 aromatic heterocycles. The summed E-state index contributed by atoms with van der Waals surface area (Å²) in [4.78, 5) is 26.8. The number of halogens is 1. The number of piperidine rings is 1. The average molecular weight is 370 g/mol. The van der Waals surface area contributed by atoms with Crippen LogP contribution in [0.4, 0.5) is 10.1 Å². The Hall–Kier alpha value is -3.09. The summed E-state index contributed by atoms with van der Waals surface area (Å²) in [5.41, 5.74) is 0.717. The van der Waals surface area contributed by atoms with Crippen LogP contribution in [0.3, 0.4) is 0 Å². The van der Waals surface area contributed by atoms with Crippen LogP contribution in [-0.2, 0) is 4.79 Å². The predicted molar refractivity (Wildman–Crippen MR) is 96.2 cm³/mol. The normalized spacial score (nSPS) is 16.3. The number of carbonyl (C=O) groups is 2. The Morgan fingerprint density at radius 3 is 2.56 bits per heavy atom. The monoisotopic (exact) mass is 370 g/mol. The van der Waals surface area contributed by atoms with E-state index in [0.717, 1.165) is 0 Å². The number of nitrogens with one attached hydrogen (secondary N) is 1. The van der Waals surface area contributed by atoms with Crippen LogP contribution in [-0.4, -0.2) is 36.6 Å². The minimum atomic E-state index is -0.457. The summed E-state index contributed by atoms with van der Waals surface area (Å²) in [5, 5.41) is 2.64. The van der Waals surface area contributed by atoms with E-state index in [-0.39, 0.29) is 30.2 Å². The van der Waals surface area contributed by atoms with Crippen LogP contribution < -0.4 is 14.8 Å². The summed E-state index contributed by atoms with van der Waals surface area (Å²) in [5.74, 6) is 0.193. The zero-order chi connectivity index (χ0) is 18.8. The van der Waals surface area contributed by atoms with E-state index >= 15 is 0 Å². The Morgan fingerprint density at radius 1 is 1.04 bits per heavy atom. The second kappa shape index (κ2) is 7.26. The van der Waals surface area contributed by atoms with Crippen LogP contribution in [0.25, 0.3) is 0 Å². The summed E-state index contributed by atoms with van der Waals surface area (Å²) in [6, 6.07) is 11.2. The van der Waals surface area contributed by atoms with Gasteiger partial charge in [0, 0.05) is 24.6 Å². The number of nitrogens with zero attached hydrogens (tertiary/aromatic N) is 1. The molecule has 0 unspecified atom stereocenters. The summed E-state index contributed by atoms with van der Waals surface area (Å²) in [6.07, 6.45) is 1.08. The molecule has 2 aromatic rings. The van der Waals surface area contributed by atoms with Crippen molar-refractivity contribution in [3.05, 3.63) is 53.8 Å². The molecule has 0 atom stereocenters. The lowest BCUT2D eigenvalue weighted by Crippen LogP contribution is -2.41. The van der Waals surface area contributed by atoms with Crippen molar-refractivity contribution in [2.24, 2.45) is 5.92 Å². The molecule has 4 rings (SSSR count). The molecule has 1 saturated heterocycles. The molecule has 7 heteroatoms. The summed E-state index contributed by atoms with van der Waals surface area (Å²) in [6.45, 7) is 1.11. The highest BCUT2D eigenvalue weighted by Crippen LogP contribution is 2.33. The highest BCUT2D eigenvalue weighted by Gasteiger charge is 2.29. The summed E-state index contributed by atoms with van der Waals surface area (Å²) in [7, 11) is 0. The molecule has 0 bridgehead atoms. The van der Waals surface area contributed by atoms with Gasteiger partial charge in [0.05, 0.1) is 5.69 Å². The van der Waals surface area contributed by atoms with Gasteiger partial charge in [-0.05, 0) is 43.2 Å². The first-order valence-corrected chi connectivity index (χ1v) is 8.86. The van der Waals surface area contributed by atoms with Crippen molar-refractivity contribution in [2.45, 2.75) is 12.8 Å². The number of carbonyl (C=O) groups excluding carboxylic acids is 2. The van der Waals surface area contributed by atoms with Crippen LogP contribution >= 0.6 is 0 Å². The van der Waals surface area contributed by atoms with Crippen molar-refractivity contribution in [1.29, 1.82) is 0 Å². The van der Waals surface area contributed by atoms with Gasteiger partial charge in [0.2, 0.25) is 12.7 Å². The smallest absolute Gasteiger partial charge is 0.253 e. The number of benzene rings is 2. The number of para-hydroxylation sites is 1. The van der Waals surface area contributed by atoms with Gasteiger partial charge in [-0.3, -0.25) is 9.59 Å². The quantitative estimate of drug-likeness (QED) is 0.902. The van der Waals surface area contributed by atoms with Crippen molar-refractivity contribution in [3.8, 4) is 11.5 Å². The van der Waals surface area contributed by atoms with Crippen LogP contribution in [0, 0.1) is 11.7 Å². The van der Waals surface area contributed by atoms with Gasteiger partial charge in [0.15, 0.2) is 11.5 Å². The third kappa shape index (κ3) is 3.58. The fourth-order valence-electron chi connectivity index (χ4n) is 3.35. The Morgan fingerprint density at radius 2 is 1.78 bits per heavy atom. The third-order valence-corrected chi connectivity index (χ3v) is 4.90. The zero-order valence-corrected chi connectivity index (χ0v) is 14.6. The molecule has 2 aromatic carbocycles. The Kier molecular flexibility index (Phi) is 4.66. The molecule has 0 aliphatic carbocycles. The van der Waals surface area contributed by atoms with Gasteiger partial charge in [-0.25, -0.2) is 4.39 Å². The maximum atomic E-state index is 13.7. The lowest BCUT2D eigenvalue weighted by atomic mass is 9.95. The van der Waals surface area contributed by atoms with Gasteiger partial charge in [0.1, 0.15) is 5.82 Å². The molecular weight excluding hydrogens is 351 g/mol. The third-order valence-electron chi connectivity index (χ3n) is 4.90. The summed E-state index contributed by atoms with van der Waals surface area (Å²) < 4.78 is 24.3. The zero-order valence-electron chi connectivity index (χ0n) is 14.6. The van der Waals surface area contributed by atoms with Crippen molar-refractivity contribution in [1.82, 2.24) is 4.90 Å². The Labute approximate surface area is 155 Å². The minimum absolute atomic E-state index is 0.0961. The van der Waals surface area contributed by atoms with Crippen molar-refractivity contribution in [2.75, 3.05) is 25.2 Å². The molecule has 0 radical (unpaired) electrons. The SMILES string of the molecule is O=C(Nc1ccccc1F)C1CCN(C(=O)c2ccc3c(c2)OCO3)CC1. The highest BCUT2D eigenvalue weighted by molar-refractivity contribution is 5.96. The maximum Gasteiger partial charge on any atom is 0.253 e. The number of ether oxygens (including phenoxy) is 2. The molecule has 0 spiro atoms. The van der Waals surface area contributed by atoms with Gasteiger partial charge in [-0.1, -0.05) is 12.1 Å². The molecule has 27 heavy (non-hydrogen) atoms. The van der Waals surface area contributed by atoms with Crippen LogP contribution in [0.15, 0.2) is 42.5 Å². The average Bonchev–Trinajstić information content (AvgIpc) is 3.17. The molecule has 2 aliphatic rings. The molecular formula is C20H19FN2O4. The minimum Gasteiger partial charge on any atom is -0.454 e. The second-order valence-electron chi connectivity index (χ2n) is 6.60. The van der Waals surface area contributed by atoms with E-state index in [1.165, 1.54) is 12.1 Å². The number of anilines is 1. The van der Waals surface area contributed by atoms with Crippen molar-refractivity contribution in [3.63, 3.8) is 0 Å². The number of likely N-dealkylation sites (tertiary alicyclic amines) is 1. The van der Waals surface area contributed by atoms with Crippen molar-refractivity contribution >= 4 is 17.5 Å². The first kappa shape index (κ1) is 17.3. The molecule has 2 heterocycles. The number of hydrogen-bond acceptors (Lipinski definition) is 4. The number of hydrogen-bond donors (Lipinski definition) is 1. The second-order valence-corrected chi connectivity index (χ2v) is 6.60. The number of amides is 2. The van der Waals surface area contributed by atoms with E-state index in [0.29, 0.717) is 43.0 Å². The standard InChI is InChI=1S/C20H19FN2O4/c21-15-3-1-2-4-16(15)22-19(24)13-7-9-23(10-8-13)20(25)14-5-6-17-18(11-14)27-12-26-17/h1-6,11,13H,7-10,12H2,(H,22,24). The number of rotatable bonds is 3. The van der Waals surface area contributed by atoms with E-state index in [4.69, 9.17) is 9.47 Å². The fourth-order valence-corrected chi connectivity index (χ4v) is 3.35. The van der Waals surface area contributed by atoms with E-state index in [1.54, 1.807) is 35.2 Å². The molecule has 2 amide bonds. The lowest BCUT2D eigenvalue weighted by molar-refractivity contribution is -0.121.